The molecule has 1 aliphatic rings. The molecule has 4 nitrogen and oxygen atoms in total. The molecule has 1 atom stereocenters. The van der Waals surface area contributed by atoms with E-state index in [9.17, 15) is 4.79 Å². The van der Waals surface area contributed by atoms with E-state index in [1.165, 1.54) is 0 Å². The molecule has 2 rings (SSSR count). The van der Waals surface area contributed by atoms with Gasteiger partial charge in [-0.3, -0.25) is 4.90 Å². The van der Waals surface area contributed by atoms with Crippen LogP contribution in [0.1, 0.15) is 0 Å². The number of carbonyl (C=O) groups excluding carboxylic acids is 1. The van der Waals surface area contributed by atoms with Gasteiger partial charge in [0.05, 0.1) is 6.54 Å². The van der Waals surface area contributed by atoms with Gasteiger partial charge in [-0.1, -0.05) is 0 Å². The Morgan fingerprint density at radius 2 is 2.13 bits per heavy atom. The molecule has 0 bridgehead atoms. The summed E-state index contributed by atoms with van der Waals surface area (Å²) in [5, 5.41) is 0. The Morgan fingerprint density at radius 3 is 2.67 bits per heavy atom. The maximum atomic E-state index is 11.5. The number of hydrogen-bond donors (Lipinski definition) is 1. The van der Waals surface area contributed by atoms with Crippen LogP contribution in [0.5, 0.6) is 0 Å². The first-order chi connectivity index (χ1) is 7.20. The van der Waals surface area contributed by atoms with Crippen LogP contribution in [0.3, 0.4) is 0 Å². The molecule has 80 valence electrons. The molecule has 0 saturated carbocycles. The molecule has 1 aromatic rings. The summed E-state index contributed by atoms with van der Waals surface area (Å²) in [7, 11) is 0. The Hall–Kier alpha value is -0.820. The molecule has 2 N–H and O–H groups in total. The maximum absolute atomic E-state index is 11.5. The molecule has 0 aliphatic carbocycles. The van der Waals surface area contributed by atoms with Crippen molar-refractivity contribution in [2.75, 3.05) is 18.0 Å². The van der Waals surface area contributed by atoms with Crippen LogP contribution >= 0.6 is 22.6 Å². The van der Waals surface area contributed by atoms with Gasteiger partial charge in [0.2, 0.25) is 0 Å². The van der Waals surface area contributed by atoms with E-state index in [-0.39, 0.29) is 12.2 Å². The smallest absolute Gasteiger partial charge is 0.414 e. The zero-order valence-corrected chi connectivity index (χ0v) is 10.2. The first-order valence-electron chi connectivity index (χ1n) is 4.64. The minimum absolute atomic E-state index is 0.184. The summed E-state index contributed by atoms with van der Waals surface area (Å²) in [6.45, 7) is 0.905. The third-order valence-corrected chi connectivity index (χ3v) is 2.99. The molecule has 0 aromatic heterocycles. The molecule has 1 unspecified atom stereocenters. The molecule has 1 fully saturated rings. The van der Waals surface area contributed by atoms with Gasteiger partial charge in [0.1, 0.15) is 6.10 Å². The van der Waals surface area contributed by atoms with Crippen molar-refractivity contribution in [1.29, 1.82) is 0 Å². The average molecular weight is 318 g/mol. The van der Waals surface area contributed by atoms with Crippen molar-refractivity contribution in [1.82, 2.24) is 0 Å². The van der Waals surface area contributed by atoms with E-state index in [4.69, 9.17) is 10.5 Å². The Balaban J connectivity index is 2.18. The summed E-state index contributed by atoms with van der Waals surface area (Å²) in [6.07, 6.45) is -0.497. The number of rotatable bonds is 2. The molecule has 0 spiro atoms. The largest absolute Gasteiger partial charge is 0.443 e. The predicted octanol–water partition coefficient (Wildman–Crippen LogP) is 1.58. The van der Waals surface area contributed by atoms with Gasteiger partial charge in [-0.15, -0.1) is 0 Å². The van der Waals surface area contributed by atoms with Gasteiger partial charge in [-0.25, -0.2) is 4.79 Å². The molecular weight excluding hydrogens is 307 g/mol. The molecule has 1 saturated heterocycles. The number of cyclic esters (lactones) is 1. The number of halogens is 1. The van der Waals surface area contributed by atoms with Gasteiger partial charge in [0, 0.05) is 15.8 Å². The topological polar surface area (TPSA) is 55.6 Å². The van der Waals surface area contributed by atoms with E-state index in [0.29, 0.717) is 13.1 Å². The normalized spacial score (nSPS) is 20.5. The summed E-state index contributed by atoms with van der Waals surface area (Å²) < 4.78 is 6.21. The second-order valence-electron chi connectivity index (χ2n) is 3.33. The fraction of sp³-hybridized carbons (Fsp3) is 0.300. The van der Waals surface area contributed by atoms with E-state index < -0.39 is 0 Å². The standard InChI is InChI=1S/C10H11IN2O2/c11-7-1-3-8(4-2-7)13-6-9(5-12)15-10(13)14/h1-4,9H,5-6,12H2. The lowest BCUT2D eigenvalue weighted by molar-refractivity contribution is 0.145. The van der Waals surface area contributed by atoms with Gasteiger partial charge in [0.15, 0.2) is 0 Å². The van der Waals surface area contributed by atoms with Crippen molar-refractivity contribution >= 4 is 34.4 Å². The van der Waals surface area contributed by atoms with Crippen LogP contribution in [-0.4, -0.2) is 25.3 Å². The van der Waals surface area contributed by atoms with Crippen molar-refractivity contribution in [2.24, 2.45) is 5.73 Å². The lowest BCUT2D eigenvalue weighted by Crippen LogP contribution is -2.27. The highest BCUT2D eigenvalue weighted by Gasteiger charge is 2.31. The molecule has 15 heavy (non-hydrogen) atoms. The average Bonchev–Trinajstić information content (AvgIpc) is 2.61. The minimum Gasteiger partial charge on any atom is -0.443 e. The summed E-state index contributed by atoms with van der Waals surface area (Å²) in [5.74, 6) is 0. The fourth-order valence-corrected chi connectivity index (χ4v) is 1.84. The Bertz CT molecular complexity index is 366. The Morgan fingerprint density at radius 1 is 1.47 bits per heavy atom. The number of anilines is 1. The Kier molecular flexibility index (Phi) is 3.11. The second-order valence-corrected chi connectivity index (χ2v) is 4.57. The molecule has 5 heteroatoms. The van der Waals surface area contributed by atoms with Gasteiger partial charge in [-0.05, 0) is 46.9 Å². The lowest BCUT2D eigenvalue weighted by atomic mass is 10.3. The summed E-state index contributed by atoms with van der Waals surface area (Å²) in [5.41, 5.74) is 6.31. The highest BCUT2D eigenvalue weighted by molar-refractivity contribution is 14.1. The van der Waals surface area contributed by atoms with Crippen molar-refractivity contribution in [3.63, 3.8) is 0 Å². The van der Waals surface area contributed by atoms with Crippen molar-refractivity contribution in [3.8, 4) is 0 Å². The molecule has 1 aliphatic heterocycles. The van der Waals surface area contributed by atoms with Crippen LogP contribution in [0.25, 0.3) is 0 Å². The van der Waals surface area contributed by atoms with E-state index in [0.717, 1.165) is 9.26 Å². The van der Waals surface area contributed by atoms with E-state index in [2.05, 4.69) is 22.6 Å². The highest BCUT2D eigenvalue weighted by atomic mass is 127. The summed E-state index contributed by atoms with van der Waals surface area (Å²) in [4.78, 5) is 13.1. The monoisotopic (exact) mass is 318 g/mol. The van der Waals surface area contributed by atoms with Gasteiger partial charge in [0.25, 0.3) is 0 Å². The zero-order valence-electron chi connectivity index (χ0n) is 8.02. The van der Waals surface area contributed by atoms with E-state index in [1.54, 1.807) is 4.90 Å². The lowest BCUT2D eigenvalue weighted by Gasteiger charge is -2.12. The third kappa shape index (κ3) is 2.23. The van der Waals surface area contributed by atoms with Crippen LogP contribution in [-0.2, 0) is 4.74 Å². The van der Waals surface area contributed by atoms with Crippen molar-refractivity contribution in [3.05, 3.63) is 27.8 Å². The number of benzene rings is 1. The van der Waals surface area contributed by atoms with Crippen LogP contribution in [0.2, 0.25) is 0 Å². The summed E-state index contributed by atoms with van der Waals surface area (Å²) in [6, 6.07) is 7.72. The van der Waals surface area contributed by atoms with Crippen molar-refractivity contribution < 1.29 is 9.53 Å². The quantitative estimate of drug-likeness (QED) is 0.842. The Labute approximate surface area is 102 Å². The van der Waals surface area contributed by atoms with Crippen LogP contribution in [0, 0.1) is 3.57 Å². The molecule has 0 radical (unpaired) electrons. The first kappa shape index (κ1) is 10.7. The number of amides is 1. The molecule has 1 aromatic carbocycles. The van der Waals surface area contributed by atoms with Crippen LogP contribution in [0.15, 0.2) is 24.3 Å². The number of carbonyl (C=O) groups is 1. The van der Waals surface area contributed by atoms with E-state index >= 15 is 0 Å². The number of ether oxygens (including phenoxy) is 1. The highest BCUT2D eigenvalue weighted by Crippen LogP contribution is 2.21. The molecular formula is C10H11IN2O2. The predicted molar refractivity (Wildman–Crippen MR) is 65.8 cm³/mol. The van der Waals surface area contributed by atoms with Crippen LogP contribution in [0.4, 0.5) is 10.5 Å². The van der Waals surface area contributed by atoms with Crippen LogP contribution < -0.4 is 10.6 Å². The molecule has 1 heterocycles. The first-order valence-corrected chi connectivity index (χ1v) is 5.72. The molecule has 1 amide bonds. The number of hydrogen-bond acceptors (Lipinski definition) is 3. The number of nitrogens with two attached hydrogens (primary N) is 1. The minimum atomic E-state index is -0.313. The fourth-order valence-electron chi connectivity index (χ4n) is 1.48. The SMILES string of the molecule is NCC1CN(c2ccc(I)cc2)C(=O)O1. The third-order valence-electron chi connectivity index (χ3n) is 2.28. The van der Waals surface area contributed by atoms with Gasteiger partial charge >= 0.3 is 6.09 Å². The maximum Gasteiger partial charge on any atom is 0.414 e. The number of nitrogens with zero attached hydrogens (tertiary/aromatic N) is 1. The second kappa shape index (κ2) is 4.36. The van der Waals surface area contributed by atoms with Gasteiger partial charge < -0.3 is 10.5 Å². The van der Waals surface area contributed by atoms with E-state index in [1.807, 2.05) is 24.3 Å². The van der Waals surface area contributed by atoms with Crippen molar-refractivity contribution in [2.45, 2.75) is 6.10 Å². The summed E-state index contributed by atoms with van der Waals surface area (Å²) >= 11 is 2.22. The zero-order chi connectivity index (χ0) is 10.8. The van der Waals surface area contributed by atoms with Gasteiger partial charge in [-0.2, -0.15) is 0 Å².